The minimum absolute atomic E-state index is 0.0450. The summed E-state index contributed by atoms with van der Waals surface area (Å²) in [5, 5.41) is 14.0. The van der Waals surface area contributed by atoms with Crippen molar-refractivity contribution >= 4 is 28.3 Å². The number of hydrogen-bond acceptors (Lipinski definition) is 6. The van der Waals surface area contributed by atoms with E-state index in [1.165, 1.54) is 5.56 Å². The maximum atomic E-state index is 13.1. The topological polar surface area (TPSA) is 124 Å². The molecule has 0 bridgehead atoms. The zero-order valence-electron chi connectivity index (χ0n) is 24.2. The van der Waals surface area contributed by atoms with Crippen LogP contribution in [-0.2, 0) is 16.6 Å². The molecule has 1 aromatic heterocycles. The number of hydrogen-bond donors (Lipinski definition) is 3. The maximum absolute atomic E-state index is 13.1. The van der Waals surface area contributed by atoms with Gasteiger partial charge in [0.1, 0.15) is 34.7 Å². The van der Waals surface area contributed by atoms with Crippen molar-refractivity contribution in [3.8, 4) is 23.0 Å². The van der Waals surface area contributed by atoms with Gasteiger partial charge in [-0.3, -0.25) is 9.78 Å². The number of carboxylic acid groups (broad SMARTS) is 1. The summed E-state index contributed by atoms with van der Waals surface area (Å²) < 4.78 is 11.8. The molecule has 0 saturated heterocycles. The SMILES string of the molecule is CC(C)(C)c1ccc(Oc2ccc3cnc(C(=O)N[C@@H](Cc4ccc(Oc5ccc(N)cc5)cc4)C(=O)O)cc3c2)cc1. The molecule has 0 aliphatic heterocycles. The zero-order chi connectivity index (χ0) is 30.6. The largest absolute Gasteiger partial charge is 0.480 e. The molecule has 0 aliphatic rings. The zero-order valence-corrected chi connectivity index (χ0v) is 24.2. The van der Waals surface area contributed by atoms with E-state index in [9.17, 15) is 14.7 Å². The van der Waals surface area contributed by atoms with E-state index in [1.54, 1.807) is 60.8 Å². The number of amides is 1. The lowest BCUT2D eigenvalue weighted by Crippen LogP contribution is -2.42. The molecular weight excluding hydrogens is 542 g/mol. The van der Waals surface area contributed by atoms with Crippen molar-refractivity contribution in [2.24, 2.45) is 0 Å². The van der Waals surface area contributed by atoms with E-state index < -0.39 is 17.9 Å². The van der Waals surface area contributed by atoms with Gasteiger partial charge in [0.2, 0.25) is 0 Å². The number of carbonyl (C=O) groups excluding carboxylic acids is 1. The van der Waals surface area contributed by atoms with E-state index in [2.05, 4.69) is 31.1 Å². The van der Waals surface area contributed by atoms with E-state index in [-0.39, 0.29) is 17.5 Å². The lowest BCUT2D eigenvalue weighted by Gasteiger charge is -2.19. The Morgan fingerprint density at radius 2 is 1.35 bits per heavy atom. The lowest BCUT2D eigenvalue weighted by atomic mass is 9.87. The second-order valence-electron chi connectivity index (χ2n) is 11.3. The number of fused-ring (bicyclic) bond motifs is 1. The van der Waals surface area contributed by atoms with Crippen LogP contribution in [-0.4, -0.2) is 28.0 Å². The number of anilines is 1. The fourth-order valence-electron chi connectivity index (χ4n) is 4.50. The van der Waals surface area contributed by atoms with Crippen LogP contribution in [0.3, 0.4) is 0 Å². The molecule has 0 spiro atoms. The number of carbonyl (C=O) groups is 2. The Kier molecular flexibility index (Phi) is 8.29. The Balaban J connectivity index is 1.25. The molecule has 4 N–H and O–H groups in total. The van der Waals surface area contributed by atoms with Gasteiger partial charge in [0.25, 0.3) is 5.91 Å². The van der Waals surface area contributed by atoms with Gasteiger partial charge < -0.3 is 25.6 Å². The van der Waals surface area contributed by atoms with Crippen LogP contribution in [0.2, 0.25) is 0 Å². The quantitative estimate of drug-likeness (QED) is 0.160. The van der Waals surface area contributed by atoms with Gasteiger partial charge in [0.15, 0.2) is 0 Å². The molecule has 0 radical (unpaired) electrons. The minimum atomic E-state index is -1.15. The molecule has 5 rings (SSSR count). The van der Waals surface area contributed by atoms with Crippen LogP contribution in [0.15, 0.2) is 103 Å². The van der Waals surface area contributed by atoms with Gasteiger partial charge >= 0.3 is 5.97 Å². The fraction of sp³-hybridized carbons (Fsp3) is 0.171. The van der Waals surface area contributed by atoms with Crippen LogP contribution in [0, 0.1) is 0 Å². The normalized spacial score (nSPS) is 12.0. The standard InChI is InChI=1S/C35H33N3O5/c1-35(2,3)25-7-14-28(15-8-25)43-30-13-6-23-21-37-31(20-24(23)19-30)33(39)38-32(34(40)41)18-22-4-11-27(12-5-22)42-29-16-9-26(36)10-17-29/h4-17,19-21,32H,18,36H2,1-3H3,(H,38,39)(H,40,41)/t32-/m0/s1. The molecular formula is C35H33N3O5. The number of benzene rings is 4. The van der Waals surface area contributed by atoms with Crippen molar-refractivity contribution in [2.75, 3.05) is 5.73 Å². The molecule has 218 valence electrons. The summed E-state index contributed by atoms with van der Waals surface area (Å²) in [6, 6.07) is 28.0. The first-order valence-electron chi connectivity index (χ1n) is 13.9. The Labute approximate surface area is 250 Å². The van der Waals surface area contributed by atoms with Crippen LogP contribution in [0.25, 0.3) is 10.8 Å². The highest BCUT2D eigenvalue weighted by Gasteiger charge is 2.22. The average molecular weight is 576 g/mol. The highest BCUT2D eigenvalue weighted by atomic mass is 16.5. The molecule has 8 heteroatoms. The van der Waals surface area contributed by atoms with Gasteiger partial charge in [-0.05, 0) is 94.7 Å². The number of ether oxygens (including phenoxy) is 2. The summed E-state index contributed by atoms with van der Waals surface area (Å²) in [5.74, 6) is 0.810. The number of aromatic nitrogens is 1. The van der Waals surface area contributed by atoms with Crippen molar-refractivity contribution in [1.29, 1.82) is 0 Å². The van der Waals surface area contributed by atoms with Crippen LogP contribution < -0.4 is 20.5 Å². The van der Waals surface area contributed by atoms with Crippen LogP contribution in [0.5, 0.6) is 23.0 Å². The number of nitrogens with one attached hydrogen (secondary N) is 1. The summed E-state index contributed by atoms with van der Waals surface area (Å²) in [6.45, 7) is 6.47. The van der Waals surface area contributed by atoms with Gasteiger partial charge in [0.05, 0.1) is 0 Å². The number of pyridine rings is 1. The predicted octanol–water partition coefficient (Wildman–Crippen LogP) is 7.12. The lowest BCUT2D eigenvalue weighted by molar-refractivity contribution is -0.139. The first kappa shape index (κ1) is 29.1. The Morgan fingerprint density at radius 3 is 1.95 bits per heavy atom. The predicted molar refractivity (Wildman–Crippen MR) is 167 cm³/mol. The number of nitrogens with zero attached hydrogens (tertiary/aromatic N) is 1. The van der Waals surface area contributed by atoms with Crippen molar-refractivity contribution < 1.29 is 24.2 Å². The number of aliphatic carboxylic acids is 1. The highest BCUT2D eigenvalue weighted by Crippen LogP contribution is 2.29. The molecule has 1 atom stereocenters. The molecule has 1 amide bonds. The van der Waals surface area contributed by atoms with E-state index in [0.29, 0.717) is 28.7 Å². The second kappa shape index (κ2) is 12.2. The first-order valence-corrected chi connectivity index (χ1v) is 13.9. The molecule has 4 aromatic carbocycles. The summed E-state index contributed by atoms with van der Waals surface area (Å²) >= 11 is 0. The third-order valence-corrected chi connectivity index (χ3v) is 6.96. The van der Waals surface area contributed by atoms with Crippen LogP contribution >= 0.6 is 0 Å². The van der Waals surface area contributed by atoms with E-state index >= 15 is 0 Å². The number of carboxylic acids is 1. The summed E-state index contributed by atoms with van der Waals surface area (Å²) in [6.07, 6.45) is 1.67. The van der Waals surface area contributed by atoms with Crippen LogP contribution in [0.1, 0.15) is 42.4 Å². The number of nitrogens with two attached hydrogens (primary N) is 1. The Bertz CT molecular complexity index is 1740. The maximum Gasteiger partial charge on any atom is 0.326 e. The van der Waals surface area contributed by atoms with E-state index in [1.807, 2.05) is 42.5 Å². The third kappa shape index (κ3) is 7.48. The third-order valence-electron chi connectivity index (χ3n) is 6.96. The van der Waals surface area contributed by atoms with Crippen molar-refractivity contribution in [3.05, 3.63) is 120 Å². The molecule has 1 heterocycles. The molecule has 0 unspecified atom stereocenters. The molecule has 43 heavy (non-hydrogen) atoms. The minimum Gasteiger partial charge on any atom is -0.480 e. The van der Waals surface area contributed by atoms with Gasteiger partial charge in [-0.25, -0.2) is 4.79 Å². The van der Waals surface area contributed by atoms with Crippen LogP contribution in [0.4, 0.5) is 5.69 Å². The first-order chi connectivity index (χ1) is 20.5. The van der Waals surface area contributed by atoms with Gasteiger partial charge in [-0.15, -0.1) is 0 Å². The van der Waals surface area contributed by atoms with Crippen molar-refractivity contribution in [2.45, 2.75) is 38.6 Å². The molecule has 0 fully saturated rings. The molecule has 0 aliphatic carbocycles. The Morgan fingerprint density at radius 1 is 0.791 bits per heavy atom. The fourth-order valence-corrected chi connectivity index (χ4v) is 4.50. The summed E-state index contributed by atoms with van der Waals surface area (Å²) in [5.41, 5.74) is 8.43. The summed E-state index contributed by atoms with van der Waals surface area (Å²) in [4.78, 5) is 29.4. The average Bonchev–Trinajstić information content (AvgIpc) is 2.98. The molecule has 5 aromatic rings. The van der Waals surface area contributed by atoms with Crippen molar-refractivity contribution in [3.63, 3.8) is 0 Å². The Hall–Kier alpha value is -5.37. The van der Waals surface area contributed by atoms with Crippen molar-refractivity contribution in [1.82, 2.24) is 10.3 Å². The van der Waals surface area contributed by atoms with Gasteiger partial charge in [-0.1, -0.05) is 45.0 Å². The molecule has 0 saturated carbocycles. The van der Waals surface area contributed by atoms with E-state index in [4.69, 9.17) is 15.2 Å². The van der Waals surface area contributed by atoms with Gasteiger partial charge in [-0.2, -0.15) is 0 Å². The second-order valence-corrected chi connectivity index (χ2v) is 11.3. The van der Waals surface area contributed by atoms with E-state index in [0.717, 1.165) is 16.3 Å². The van der Waals surface area contributed by atoms with Gasteiger partial charge in [0, 0.05) is 23.7 Å². The monoisotopic (exact) mass is 575 g/mol. The molecule has 8 nitrogen and oxygen atoms in total. The smallest absolute Gasteiger partial charge is 0.326 e. The highest BCUT2D eigenvalue weighted by molar-refractivity contribution is 5.98. The number of nitrogen functional groups attached to an aromatic ring is 1. The number of rotatable bonds is 9. The summed E-state index contributed by atoms with van der Waals surface area (Å²) in [7, 11) is 0.